The van der Waals surface area contributed by atoms with Gasteiger partial charge in [0.05, 0.1) is 18.1 Å². The predicted octanol–water partition coefficient (Wildman–Crippen LogP) is 2.61. The maximum Gasteiger partial charge on any atom is 0.324 e. The molecule has 6 atom stereocenters. The second kappa shape index (κ2) is 7.34. The number of hydrogen-bond donors (Lipinski definition) is 3. The van der Waals surface area contributed by atoms with Gasteiger partial charge in [0.15, 0.2) is 22.6 Å². The van der Waals surface area contributed by atoms with Crippen LogP contribution in [0, 0.1) is 27.6 Å². The number of esters is 1. The normalized spacial score (nSPS) is 42.1. The zero-order chi connectivity index (χ0) is 26.3. The van der Waals surface area contributed by atoms with Crippen LogP contribution in [0.25, 0.3) is 0 Å². The van der Waals surface area contributed by atoms with E-state index in [9.17, 15) is 34.5 Å². The van der Waals surface area contributed by atoms with Crippen LogP contribution in [-0.4, -0.2) is 57.1 Å². The van der Waals surface area contributed by atoms with Gasteiger partial charge in [-0.25, -0.2) is 0 Å². The van der Waals surface area contributed by atoms with Crippen molar-refractivity contribution in [1.82, 2.24) is 0 Å². The molecule has 0 radical (unpaired) electrons. The van der Waals surface area contributed by atoms with E-state index < -0.39 is 62.3 Å². The average molecular weight is 477 g/mol. The van der Waals surface area contributed by atoms with Gasteiger partial charge in [0, 0.05) is 11.8 Å². The fourth-order valence-corrected chi connectivity index (χ4v) is 7.59. The van der Waals surface area contributed by atoms with Crippen molar-refractivity contribution < 1.29 is 39.2 Å². The van der Waals surface area contributed by atoms with E-state index in [1.807, 2.05) is 6.92 Å². The molecule has 0 saturated heterocycles. The molecule has 34 heavy (non-hydrogen) atoms. The summed E-state index contributed by atoms with van der Waals surface area (Å²) in [5, 5.41) is 31.6. The van der Waals surface area contributed by atoms with Gasteiger partial charge in [-0.3, -0.25) is 19.2 Å². The summed E-state index contributed by atoms with van der Waals surface area (Å²) in [5.74, 6) is -4.20. The van der Waals surface area contributed by atoms with E-state index in [1.165, 1.54) is 0 Å². The minimum absolute atomic E-state index is 0.104. The first-order chi connectivity index (χ1) is 15.3. The zero-order valence-electron chi connectivity index (χ0n) is 21.1. The van der Waals surface area contributed by atoms with Crippen molar-refractivity contribution in [2.45, 2.75) is 78.4 Å². The summed E-state index contributed by atoms with van der Waals surface area (Å²) in [5.41, 5.74) is -8.66. The number of carboxylic acids is 1. The fraction of sp³-hybridized carbons (Fsp3) is 0.692. The zero-order valence-corrected chi connectivity index (χ0v) is 21.1. The molecule has 2 fully saturated rings. The molecule has 3 aliphatic carbocycles. The maximum absolute atomic E-state index is 14.0. The lowest BCUT2D eigenvalue weighted by Gasteiger charge is -2.68. The van der Waals surface area contributed by atoms with Gasteiger partial charge in [-0.1, -0.05) is 26.5 Å². The molecule has 0 amide bonds. The third kappa shape index (κ3) is 2.90. The first kappa shape index (κ1) is 26.3. The van der Waals surface area contributed by atoms with Crippen molar-refractivity contribution >= 4 is 23.5 Å². The van der Waals surface area contributed by atoms with Gasteiger partial charge < -0.3 is 20.1 Å². The number of ether oxygens (including phenoxy) is 1. The summed E-state index contributed by atoms with van der Waals surface area (Å²) in [7, 11) is 1.15. The molecule has 0 aromatic carbocycles. The van der Waals surface area contributed by atoms with Crippen molar-refractivity contribution in [3.63, 3.8) is 0 Å². The highest BCUT2D eigenvalue weighted by Gasteiger charge is 2.80. The SMILES string of the molecule is C=C1C2(C)CC3C(C)(CCC(=O)O)C(C(C)(C)O)=CCC3(C)C1(C(=O)OC)C(=O)C(C)(O)C2=O. The fourth-order valence-electron chi connectivity index (χ4n) is 7.59. The van der Waals surface area contributed by atoms with Crippen LogP contribution in [0.2, 0.25) is 0 Å². The molecule has 0 aromatic rings. The second-order valence-electron chi connectivity index (χ2n) is 11.6. The van der Waals surface area contributed by atoms with E-state index in [1.54, 1.807) is 33.8 Å². The molecule has 188 valence electrons. The molecule has 2 bridgehead atoms. The summed E-state index contributed by atoms with van der Waals surface area (Å²) in [6, 6.07) is 0. The van der Waals surface area contributed by atoms with Crippen LogP contribution in [0.1, 0.15) is 67.2 Å². The molecule has 0 aromatic heterocycles. The van der Waals surface area contributed by atoms with Crippen LogP contribution in [0.4, 0.5) is 0 Å². The molecule has 0 spiro atoms. The molecule has 8 heteroatoms. The molecule has 3 rings (SSSR count). The van der Waals surface area contributed by atoms with Crippen LogP contribution in [0.5, 0.6) is 0 Å². The third-order valence-corrected chi connectivity index (χ3v) is 9.21. The topological polar surface area (TPSA) is 138 Å². The van der Waals surface area contributed by atoms with Gasteiger partial charge in [0.25, 0.3) is 0 Å². The lowest BCUT2D eigenvalue weighted by molar-refractivity contribution is -0.201. The van der Waals surface area contributed by atoms with Crippen molar-refractivity contribution in [2.24, 2.45) is 27.6 Å². The minimum atomic E-state index is -2.42. The maximum atomic E-state index is 14.0. The molecule has 0 heterocycles. The number of allylic oxidation sites excluding steroid dienone is 1. The quantitative estimate of drug-likeness (QED) is 0.313. The standard InChI is InChI=1S/C26H36O8/c1-14-23(5)13-16-22(4,11-10-17(27)28)15(21(2,3)32)9-12-24(16,6)26(14,20(31)34-8)19(30)25(7,33)18(23)29/h9,16,32-33H,1,10-13H2,2-8H3,(H,27,28). The molecular weight excluding hydrogens is 440 g/mol. The van der Waals surface area contributed by atoms with Crippen molar-refractivity contribution in [3.05, 3.63) is 23.8 Å². The van der Waals surface area contributed by atoms with Crippen LogP contribution in [-0.2, 0) is 23.9 Å². The highest BCUT2D eigenvalue weighted by molar-refractivity contribution is 6.26. The van der Waals surface area contributed by atoms with E-state index in [-0.39, 0.29) is 31.3 Å². The second-order valence-corrected chi connectivity index (χ2v) is 11.6. The largest absolute Gasteiger partial charge is 0.481 e. The van der Waals surface area contributed by atoms with Gasteiger partial charge in [0.2, 0.25) is 0 Å². The van der Waals surface area contributed by atoms with Crippen LogP contribution < -0.4 is 0 Å². The van der Waals surface area contributed by atoms with Gasteiger partial charge >= 0.3 is 11.9 Å². The first-order valence-electron chi connectivity index (χ1n) is 11.5. The Labute approximate surface area is 200 Å². The highest BCUT2D eigenvalue weighted by atomic mass is 16.5. The Morgan fingerprint density at radius 2 is 1.74 bits per heavy atom. The van der Waals surface area contributed by atoms with E-state index in [0.29, 0.717) is 5.57 Å². The number of Topliss-reactive ketones (excluding diaryl/α,β-unsaturated/α-hetero) is 2. The first-order valence-corrected chi connectivity index (χ1v) is 11.5. The van der Waals surface area contributed by atoms with E-state index in [2.05, 4.69) is 6.58 Å². The van der Waals surface area contributed by atoms with Crippen molar-refractivity contribution in [3.8, 4) is 0 Å². The highest BCUT2D eigenvalue weighted by Crippen LogP contribution is 2.74. The summed E-state index contributed by atoms with van der Waals surface area (Å²) in [6.07, 6.45) is 1.99. The minimum Gasteiger partial charge on any atom is -0.481 e. The van der Waals surface area contributed by atoms with Crippen molar-refractivity contribution in [1.29, 1.82) is 0 Å². The number of carbonyl (C=O) groups is 4. The van der Waals surface area contributed by atoms with E-state index in [0.717, 1.165) is 14.0 Å². The summed E-state index contributed by atoms with van der Waals surface area (Å²) >= 11 is 0. The average Bonchev–Trinajstić information content (AvgIpc) is 2.72. The smallest absolute Gasteiger partial charge is 0.324 e. The van der Waals surface area contributed by atoms with Gasteiger partial charge in [-0.15, -0.1) is 0 Å². The summed E-state index contributed by atoms with van der Waals surface area (Å²) in [4.78, 5) is 52.7. The van der Waals surface area contributed by atoms with E-state index >= 15 is 0 Å². The summed E-state index contributed by atoms with van der Waals surface area (Å²) in [6.45, 7) is 13.6. The van der Waals surface area contributed by atoms with Gasteiger partial charge in [-0.05, 0) is 69.4 Å². The molecule has 6 unspecified atom stereocenters. The number of aliphatic carboxylic acids is 1. The number of rotatable bonds is 5. The molecule has 3 N–H and O–H groups in total. The Morgan fingerprint density at radius 1 is 1.18 bits per heavy atom. The molecular formula is C26H36O8. The van der Waals surface area contributed by atoms with Crippen LogP contribution in [0.15, 0.2) is 23.8 Å². The lowest BCUT2D eigenvalue weighted by atomic mass is 9.32. The number of methoxy groups -OCH3 is 1. The molecule has 3 aliphatic rings. The Morgan fingerprint density at radius 3 is 2.21 bits per heavy atom. The van der Waals surface area contributed by atoms with Gasteiger partial charge in [-0.2, -0.15) is 0 Å². The number of carboxylic acid groups (broad SMARTS) is 1. The number of carbonyl (C=O) groups excluding carboxylic acids is 3. The van der Waals surface area contributed by atoms with Crippen molar-refractivity contribution in [2.75, 3.05) is 7.11 Å². The number of ketones is 2. The van der Waals surface area contributed by atoms with Gasteiger partial charge in [0.1, 0.15) is 0 Å². The number of fused-ring (bicyclic) bond motifs is 4. The Hall–Kier alpha value is -2.32. The number of aliphatic hydroxyl groups is 2. The van der Waals surface area contributed by atoms with Crippen LogP contribution >= 0.6 is 0 Å². The van der Waals surface area contributed by atoms with Crippen LogP contribution in [0.3, 0.4) is 0 Å². The summed E-state index contributed by atoms with van der Waals surface area (Å²) < 4.78 is 5.15. The monoisotopic (exact) mass is 476 g/mol. The Kier molecular flexibility index (Phi) is 5.67. The third-order valence-electron chi connectivity index (χ3n) is 9.21. The Balaban J connectivity index is 2.44. The predicted molar refractivity (Wildman–Crippen MR) is 123 cm³/mol. The molecule has 8 nitrogen and oxygen atoms in total. The van der Waals surface area contributed by atoms with E-state index in [4.69, 9.17) is 4.74 Å². The molecule has 2 saturated carbocycles. The lowest BCUT2D eigenvalue weighted by Crippen LogP contribution is -2.76. The Bertz CT molecular complexity index is 1020. The number of hydrogen-bond acceptors (Lipinski definition) is 7. The molecule has 0 aliphatic heterocycles.